The number of hydrogen-bond donors (Lipinski definition) is 0. The van der Waals surface area contributed by atoms with Gasteiger partial charge in [-0.15, -0.1) is 5.10 Å². The lowest BCUT2D eigenvalue weighted by molar-refractivity contribution is -0.189. The number of nitrogens with zero attached hydrogens (tertiary/aromatic N) is 4. The lowest BCUT2D eigenvalue weighted by atomic mass is 10.0. The fourth-order valence-corrected chi connectivity index (χ4v) is 5.12. The molecule has 0 radical (unpaired) electrons. The van der Waals surface area contributed by atoms with Crippen molar-refractivity contribution in [1.29, 1.82) is 0 Å². The Morgan fingerprint density at radius 3 is 2.50 bits per heavy atom. The summed E-state index contributed by atoms with van der Waals surface area (Å²) in [6.45, 7) is 1.89. The van der Waals surface area contributed by atoms with Crippen molar-refractivity contribution in [1.82, 2.24) is 19.9 Å². The van der Waals surface area contributed by atoms with Gasteiger partial charge >= 0.3 is 5.76 Å². The lowest BCUT2D eigenvalue weighted by Crippen LogP contribution is -2.44. The molecule has 0 unspecified atom stereocenters. The van der Waals surface area contributed by atoms with Crippen molar-refractivity contribution in [3.05, 3.63) is 41.7 Å². The molecule has 1 fully saturated rings. The van der Waals surface area contributed by atoms with Crippen molar-refractivity contribution in [3.8, 4) is 0 Å². The van der Waals surface area contributed by atoms with Gasteiger partial charge in [-0.1, -0.05) is 17.3 Å². The molecular weight excluding hydrogens is 501 g/mol. The van der Waals surface area contributed by atoms with E-state index in [1.54, 1.807) is 13.3 Å². The Bertz CT molecular complexity index is 1070. The molecule has 0 N–H and O–H groups in total. The largest absolute Gasteiger partial charge is 0.374 e. The summed E-state index contributed by atoms with van der Waals surface area (Å²) in [5, 5.41) is 8.26. The number of sulfone groups is 1. The summed E-state index contributed by atoms with van der Waals surface area (Å²) in [7, 11) is 0.319. The first-order chi connectivity index (χ1) is 17.1. The van der Waals surface area contributed by atoms with Gasteiger partial charge in [-0.25, -0.2) is 17.5 Å². The van der Waals surface area contributed by atoms with Crippen LogP contribution in [-0.2, 0) is 30.5 Å². The molecule has 0 spiro atoms. The number of rotatable bonds is 12. The Morgan fingerprint density at radius 2 is 1.92 bits per heavy atom. The van der Waals surface area contributed by atoms with Crippen LogP contribution in [0.5, 0.6) is 0 Å². The zero-order valence-corrected chi connectivity index (χ0v) is 21.6. The van der Waals surface area contributed by atoms with Crippen LogP contribution in [0.2, 0.25) is 0 Å². The predicted molar refractivity (Wildman–Crippen MR) is 125 cm³/mol. The first-order valence-electron chi connectivity index (χ1n) is 11.6. The second-order valence-electron chi connectivity index (χ2n) is 8.91. The van der Waals surface area contributed by atoms with Crippen LogP contribution < -0.4 is 0 Å². The second kappa shape index (κ2) is 12.5. The summed E-state index contributed by atoms with van der Waals surface area (Å²) in [4.78, 5) is 1.71. The van der Waals surface area contributed by atoms with Crippen LogP contribution in [0, 0.1) is 0 Å². The molecule has 0 saturated carbocycles. The first kappa shape index (κ1) is 28.5. The van der Waals surface area contributed by atoms with Gasteiger partial charge in [0.25, 0.3) is 0 Å². The number of ether oxygens (including phenoxy) is 3. The zero-order chi connectivity index (χ0) is 26.5. The maximum atomic E-state index is 14.1. The average Bonchev–Trinajstić information content (AvgIpc) is 3.33. The third kappa shape index (κ3) is 6.62. The normalized spacial score (nSPS) is 22.8. The molecule has 0 aliphatic carbocycles. The quantitative estimate of drug-likeness (QED) is 0.410. The van der Waals surface area contributed by atoms with Crippen molar-refractivity contribution in [3.63, 3.8) is 0 Å². The number of alkyl halides is 3. The van der Waals surface area contributed by atoms with Crippen LogP contribution in [-0.4, -0.2) is 87.0 Å². The summed E-state index contributed by atoms with van der Waals surface area (Å²) < 4.78 is 81.0. The maximum Gasteiger partial charge on any atom is 0.341 e. The SMILES string of the molecule is CO[C@H]1C[C@@H](N(C)CCc2cn([C@H](CF)[C@H](OC)c3ccc(S(=O)(=O)C(F)F)cc3)nn2)C[C@@H](C)O1. The standard InChI is InChI=1S/C23H33F3N4O5S/c1-15-11-18(12-21(33-3)35-15)29(2)10-9-17-14-30(28-27-17)20(13-24)22(34-4)16-5-7-19(8-6-16)36(31,32)23(25)26/h5-8,14-15,18,20-23H,9-13H2,1-4H3/t15-,18+,20-,21-,22-/m1/s1. The van der Waals surface area contributed by atoms with Gasteiger partial charge < -0.3 is 19.1 Å². The summed E-state index contributed by atoms with van der Waals surface area (Å²) in [6, 6.07) is 4.20. The zero-order valence-electron chi connectivity index (χ0n) is 20.8. The fourth-order valence-electron chi connectivity index (χ4n) is 4.40. The van der Waals surface area contributed by atoms with Gasteiger partial charge in [0.2, 0.25) is 9.84 Å². The molecule has 13 heteroatoms. The van der Waals surface area contributed by atoms with Crippen LogP contribution in [0.3, 0.4) is 0 Å². The van der Waals surface area contributed by atoms with Gasteiger partial charge in [0.05, 0.1) is 16.7 Å². The van der Waals surface area contributed by atoms with E-state index >= 15 is 0 Å². The molecule has 36 heavy (non-hydrogen) atoms. The van der Waals surface area contributed by atoms with Crippen molar-refractivity contribution in [2.45, 2.75) is 67.4 Å². The van der Waals surface area contributed by atoms with Crippen LogP contribution in [0.4, 0.5) is 13.2 Å². The summed E-state index contributed by atoms with van der Waals surface area (Å²) in [6.07, 6.45) is 2.92. The van der Waals surface area contributed by atoms with Crippen LogP contribution in [0.15, 0.2) is 35.4 Å². The average molecular weight is 535 g/mol. The minimum atomic E-state index is -4.72. The van der Waals surface area contributed by atoms with Gasteiger partial charge in [-0.2, -0.15) is 8.78 Å². The number of aromatic nitrogens is 3. The number of hydrogen-bond acceptors (Lipinski definition) is 8. The van der Waals surface area contributed by atoms with E-state index in [-0.39, 0.29) is 12.4 Å². The minimum absolute atomic E-state index is 0.0952. The van der Waals surface area contributed by atoms with Crippen LogP contribution in [0.25, 0.3) is 0 Å². The highest BCUT2D eigenvalue weighted by Crippen LogP contribution is 2.31. The lowest BCUT2D eigenvalue weighted by Gasteiger charge is -2.37. The molecule has 1 saturated heterocycles. The van der Waals surface area contributed by atoms with E-state index < -0.39 is 39.3 Å². The molecule has 202 valence electrons. The molecule has 5 atom stereocenters. The molecule has 0 amide bonds. The van der Waals surface area contributed by atoms with Gasteiger partial charge in [-0.05, 0) is 38.1 Å². The highest BCUT2D eigenvalue weighted by Gasteiger charge is 2.31. The predicted octanol–water partition coefficient (Wildman–Crippen LogP) is 3.19. The van der Waals surface area contributed by atoms with E-state index in [2.05, 4.69) is 15.2 Å². The molecule has 1 aliphatic heterocycles. The monoisotopic (exact) mass is 534 g/mol. The highest BCUT2D eigenvalue weighted by molar-refractivity contribution is 7.91. The summed E-state index contributed by atoms with van der Waals surface area (Å²) >= 11 is 0. The van der Waals surface area contributed by atoms with Crippen molar-refractivity contribution >= 4 is 9.84 Å². The smallest absolute Gasteiger partial charge is 0.341 e. The van der Waals surface area contributed by atoms with E-state index in [1.807, 2.05) is 14.0 Å². The molecule has 1 aromatic heterocycles. The highest BCUT2D eigenvalue weighted by atomic mass is 32.2. The minimum Gasteiger partial charge on any atom is -0.374 e. The van der Waals surface area contributed by atoms with Crippen LogP contribution >= 0.6 is 0 Å². The molecule has 9 nitrogen and oxygen atoms in total. The van der Waals surface area contributed by atoms with Crippen molar-refractivity contribution in [2.75, 3.05) is 34.5 Å². The van der Waals surface area contributed by atoms with Gasteiger partial charge in [-0.3, -0.25) is 0 Å². The van der Waals surface area contributed by atoms with Gasteiger partial charge in [0.15, 0.2) is 6.29 Å². The Balaban J connectivity index is 1.67. The van der Waals surface area contributed by atoms with E-state index in [0.29, 0.717) is 30.3 Å². The van der Waals surface area contributed by atoms with Gasteiger partial charge in [0.1, 0.15) is 18.8 Å². The Kier molecular flexibility index (Phi) is 9.86. The number of halogens is 3. The third-order valence-electron chi connectivity index (χ3n) is 6.49. The first-order valence-corrected chi connectivity index (χ1v) is 13.1. The van der Waals surface area contributed by atoms with Crippen LogP contribution in [0.1, 0.15) is 43.2 Å². The number of methoxy groups -OCH3 is 2. The third-order valence-corrected chi connectivity index (χ3v) is 7.89. The Morgan fingerprint density at radius 1 is 1.22 bits per heavy atom. The molecule has 1 aromatic carbocycles. The molecular formula is C23H33F3N4O5S. The topological polar surface area (TPSA) is 95.8 Å². The van der Waals surface area contributed by atoms with Crippen molar-refractivity contribution < 1.29 is 35.8 Å². The molecule has 1 aliphatic rings. The molecule has 2 aromatic rings. The van der Waals surface area contributed by atoms with Gasteiger partial charge in [0, 0.05) is 45.8 Å². The summed E-state index contributed by atoms with van der Waals surface area (Å²) in [5.74, 6) is -3.52. The Labute approximate surface area is 209 Å². The molecule has 0 bridgehead atoms. The fraction of sp³-hybridized carbons (Fsp3) is 0.652. The Hall–Kier alpha value is -2.06. The number of likely N-dealkylation sites (N-methyl/N-ethyl adjacent to an activating group) is 1. The van der Waals surface area contributed by atoms with E-state index in [0.717, 1.165) is 25.0 Å². The summed E-state index contributed by atoms with van der Waals surface area (Å²) in [5.41, 5.74) is 1.10. The number of benzene rings is 1. The second-order valence-corrected chi connectivity index (χ2v) is 10.8. The molecule has 2 heterocycles. The molecule has 3 rings (SSSR count). The van der Waals surface area contributed by atoms with E-state index in [9.17, 15) is 21.6 Å². The van der Waals surface area contributed by atoms with E-state index in [1.165, 1.54) is 23.9 Å². The maximum absolute atomic E-state index is 14.1. The van der Waals surface area contributed by atoms with Crippen molar-refractivity contribution in [2.24, 2.45) is 0 Å². The van der Waals surface area contributed by atoms with E-state index in [4.69, 9.17) is 14.2 Å².